The van der Waals surface area contributed by atoms with Gasteiger partial charge in [-0.15, -0.1) is 4.68 Å². The predicted octanol–water partition coefficient (Wildman–Crippen LogP) is 1.39. The van der Waals surface area contributed by atoms with E-state index in [4.69, 9.17) is 0 Å². The van der Waals surface area contributed by atoms with E-state index in [2.05, 4.69) is 15.4 Å². The second-order valence-corrected chi connectivity index (χ2v) is 3.51. The highest BCUT2D eigenvalue weighted by molar-refractivity contribution is 5.38. The Hall–Kier alpha value is -2.40. The highest BCUT2D eigenvalue weighted by atomic mass is 19.4. The molecule has 0 saturated carbocycles. The first-order chi connectivity index (χ1) is 9.10. The van der Waals surface area contributed by atoms with Crippen LogP contribution in [0.1, 0.15) is 11.1 Å². The molecular weight excluding hydrogens is 296 g/mol. The highest BCUT2D eigenvalue weighted by Crippen LogP contribution is 2.36. The molecule has 0 radical (unpaired) electrons. The van der Waals surface area contributed by atoms with Crippen LogP contribution in [-0.2, 0) is 12.4 Å². The fourth-order valence-corrected chi connectivity index (χ4v) is 1.33. The van der Waals surface area contributed by atoms with Crippen LogP contribution in [0, 0.1) is 0 Å². The fraction of sp³-hybridized carbons (Fsp3) is 0.250. The number of tetrazole rings is 1. The van der Waals surface area contributed by atoms with Crippen LogP contribution in [0.25, 0.3) is 5.82 Å². The molecule has 0 aliphatic carbocycles. The lowest BCUT2D eigenvalue weighted by Crippen LogP contribution is -2.23. The maximum atomic E-state index is 12.8. The van der Waals surface area contributed by atoms with Gasteiger partial charge in [-0.1, -0.05) is 0 Å². The monoisotopic (exact) mass is 299 g/mol. The van der Waals surface area contributed by atoms with E-state index in [1.165, 1.54) is 0 Å². The van der Waals surface area contributed by atoms with Gasteiger partial charge in [-0.05, 0) is 16.5 Å². The Morgan fingerprint density at radius 2 is 1.75 bits per heavy atom. The lowest BCUT2D eigenvalue weighted by atomic mass is 10.1. The van der Waals surface area contributed by atoms with Crippen LogP contribution >= 0.6 is 0 Å². The largest absolute Gasteiger partial charge is 0.420 e. The Kier molecular flexibility index (Phi) is 3.02. The lowest BCUT2D eigenvalue weighted by molar-refractivity contribution is -0.143. The summed E-state index contributed by atoms with van der Waals surface area (Å²) in [6, 6.07) is -0.149. The first-order valence-corrected chi connectivity index (χ1v) is 4.76. The van der Waals surface area contributed by atoms with E-state index in [1.54, 1.807) is 5.10 Å². The summed E-state index contributed by atoms with van der Waals surface area (Å²) in [5, 5.41) is 7.65. The number of H-pyrrole nitrogens is 1. The highest BCUT2D eigenvalue weighted by Gasteiger charge is 2.40. The van der Waals surface area contributed by atoms with Crippen molar-refractivity contribution in [2.75, 3.05) is 0 Å². The Morgan fingerprint density at radius 3 is 2.20 bits per heavy atom. The molecule has 2 heterocycles. The summed E-state index contributed by atoms with van der Waals surface area (Å²) in [4.78, 5) is 14.1. The van der Waals surface area contributed by atoms with Crippen LogP contribution in [0.4, 0.5) is 26.3 Å². The van der Waals surface area contributed by atoms with Crippen LogP contribution in [0.5, 0.6) is 0 Å². The van der Waals surface area contributed by atoms with Crippen molar-refractivity contribution in [2.24, 2.45) is 0 Å². The molecule has 1 N–H and O–H groups in total. The molecule has 0 bridgehead atoms. The van der Waals surface area contributed by atoms with Gasteiger partial charge in [0.1, 0.15) is 5.56 Å². The summed E-state index contributed by atoms with van der Waals surface area (Å²) in [5.41, 5.74) is -4.50. The number of aromatic nitrogens is 5. The predicted molar refractivity (Wildman–Crippen MR) is 49.8 cm³/mol. The fourth-order valence-electron chi connectivity index (χ4n) is 1.33. The number of halogens is 6. The van der Waals surface area contributed by atoms with Crippen molar-refractivity contribution in [1.29, 1.82) is 0 Å². The zero-order valence-corrected chi connectivity index (χ0v) is 9.12. The van der Waals surface area contributed by atoms with E-state index < -0.39 is 35.0 Å². The number of alkyl halides is 6. The van der Waals surface area contributed by atoms with Crippen molar-refractivity contribution in [3.63, 3.8) is 0 Å². The maximum absolute atomic E-state index is 12.8. The molecule has 0 aliphatic rings. The molecule has 20 heavy (non-hydrogen) atoms. The van der Waals surface area contributed by atoms with Crippen LogP contribution in [0.2, 0.25) is 0 Å². The van der Waals surface area contributed by atoms with Crippen molar-refractivity contribution < 1.29 is 26.3 Å². The van der Waals surface area contributed by atoms with Crippen molar-refractivity contribution in [3.8, 4) is 5.82 Å². The Balaban J connectivity index is 2.71. The molecule has 2 aromatic rings. The molecular formula is C8H3F6N5O. The Bertz CT molecular complexity index is 684. The molecule has 0 aliphatic heterocycles. The molecule has 2 rings (SSSR count). The first kappa shape index (κ1) is 14.0. The van der Waals surface area contributed by atoms with Crippen molar-refractivity contribution in [2.45, 2.75) is 12.4 Å². The SMILES string of the molecule is O=c1[nH]nnn1-c1ncc(C(F)(F)F)cc1C(F)(F)F. The topological polar surface area (TPSA) is 76.5 Å². The first-order valence-electron chi connectivity index (χ1n) is 4.76. The Morgan fingerprint density at radius 1 is 1.10 bits per heavy atom. The van der Waals surface area contributed by atoms with Crippen LogP contribution < -0.4 is 5.69 Å². The molecule has 0 atom stereocenters. The summed E-state index contributed by atoms with van der Waals surface area (Å²) in [7, 11) is 0. The smallest absolute Gasteiger partial charge is 0.244 e. The summed E-state index contributed by atoms with van der Waals surface area (Å²) in [6.07, 6.45) is -9.98. The average molecular weight is 299 g/mol. The third kappa shape index (κ3) is 2.48. The number of hydrogen-bond donors (Lipinski definition) is 1. The van der Waals surface area contributed by atoms with Gasteiger partial charge in [0, 0.05) is 6.20 Å². The molecule has 0 spiro atoms. The van der Waals surface area contributed by atoms with Crippen LogP contribution in [0.15, 0.2) is 17.1 Å². The molecule has 108 valence electrons. The normalized spacial score (nSPS) is 12.7. The van der Waals surface area contributed by atoms with Crippen molar-refractivity contribution in [3.05, 3.63) is 33.9 Å². The number of aromatic amines is 1. The molecule has 0 unspecified atom stereocenters. The minimum Gasteiger partial charge on any atom is -0.244 e. The summed E-state index contributed by atoms with van der Waals surface area (Å²) >= 11 is 0. The van der Waals surface area contributed by atoms with Crippen LogP contribution in [0.3, 0.4) is 0 Å². The maximum Gasteiger partial charge on any atom is 0.420 e. The number of nitrogens with zero attached hydrogens (tertiary/aromatic N) is 4. The van der Waals surface area contributed by atoms with Gasteiger partial charge in [0.05, 0.1) is 5.56 Å². The summed E-state index contributed by atoms with van der Waals surface area (Å²) < 4.78 is 75.6. The van der Waals surface area contributed by atoms with Gasteiger partial charge in [-0.25, -0.2) is 14.9 Å². The molecule has 2 aromatic heterocycles. The van der Waals surface area contributed by atoms with E-state index in [-0.39, 0.29) is 16.9 Å². The molecule has 0 aromatic carbocycles. The minimum atomic E-state index is -5.15. The summed E-state index contributed by atoms with van der Waals surface area (Å²) in [6.45, 7) is 0. The van der Waals surface area contributed by atoms with Gasteiger partial charge in [-0.2, -0.15) is 26.3 Å². The second-order valence-electron chi connectivity index (χ2n) is 3.51. The molecule has 0 fully saturated rings. The average Bonchev–Trinajstić information content (AvgIpc) is 2.72. The number of rotatable bonds is 1. The zero-order valence-electron chi connectivity index (χ0n) is 9.12. The van der Waals surface area contributed by atoms with Crippen molar-refractivity contribution in [1.82, 2.24) is 25.2 Å². The van der Waals surface area contributed by atoms with E-state index in [1.807, 2.05) is 0 Å². The standard InChI is InChI=1S/C8H3F6N5O/c9-7(10,11)3-1-4(8(12,13)14)5(15-2-3)19-6(20)16-17-18-19/h1-2H,(H,16,18,20). The molecule has 6 nitrogen and oxygen atoms in total. The van der Waals surface area contributed by atoms with Crippen molar-refractivity contribution >= 4 is 0 Å². The van der Waals surface area contributed by atoms with E-state index in [9.17, 15) is 31.1 Å². The van der Waals surface area contributed by atoms with Gasteiger partial charge in [0.15, 0.2) is 5.82 Å². The number of hydrogen-bond acceptors (Lipinski definition) is 4. The number of pyridine rings is 1. The third-order valence-corrected chi connectivity index (χ3v) is 2.17. The number of nitrogens with one attached hydrogen (secondary N) is 1. The van der Waals surface area contributed by atoms with Crippen LogP contribution in [-0.4, -0.2) is 25.2 Å². The lowest BCUT2D eigenvalue weighted by Gasteiger charge is -2.13. The third-order valence-electron chi connectivity index (χ3n) is 2.17. The van der Waals surface area contributed by atoms with Gasteiger partial charge >= 0.3 is 18.0 Å². The molecule has 0 saturated heterocycles. The van der Waals surface area contributed by atoms with E-state index in [0.717, 1.165) is 0 Å². The van der Waals surface area contributed by atoms with E-state index in [0.29, 0.717) is 0 Å². The quantitative estimate of drug-likeness (QED) is 0.807. The van der Waals surface area contributed by atoms with Gasteiger partial charge in [0.2, 0.25) is 0 Å². The minimum absolute atomic E-state index is 0.114. The molecule has 12 heteroatoms. The van der Waals surface area contributed by atoms with E-state index >= 15 is 0 Å². The van der Waals surface area contributed by atoms with Gasteiger partial charge in [-0.3, -0.25) is 0 Å². The van der Waals surface area contributed by atoms with Gasteiger partial charge < -0.3 is 0 Å². The summed E-state index contributed by atoms with van der Waals surface area (Å²) in [5.74, 6) is -1.09. The second kappa shape index (κ2) is 4.31. The Labute approximate surface area is 105 Å². The zero-order chi connectivity index (χ0) is 15.1. The van der Waals surface area contributed by atoms with Gasteiger partial charge in [0.25, 0.3) is 0 Å². The molecule has 0 amide bonds.